The molecule has 2 aliphatic heterocycles. The predicted molar refractivity (Wildman–Crippen MR) is 76.1 cm³/mol. The third kappa shape index (κ3) is 3.72. The molecule has 5 heteroatoms. The first-order valence-corrected chi connectivity index (χ1v) is 7.67. The number of amides is 2. The van der Waals surface area contributed by atoms with E-state index < -0.39 is 0 Å². The van der Waals surface area contributed by atoms with Gasteiger partial charge in [-0.15, -0.1) is 0 Å². The minimum atomic E-state index is -0.359. The summed E-state index contributed by atoms with van der Waals surface area (Å²) in [7, 11) is 0. The van der Waals surface area contributed by atoms with Gasteiger partial charge in [0.15, 0.2) is 0 Å². The summed E-state index contributed by atoms with van der Waals surface area (Å²) >= 11 is 0. The van der Waals surface area contributed by atoms with E-state index in [-0.39, 0.29) is 24.0 Å². The van der Waals surface area contributed by atoms with E-state index in [1.54, 1.807) is 0 Å². The molecule has 0 bridgehead atoms. The summed E-state index contributed by atoms with van der Waals surface area (Å²) < 4.78 is 5.57. The van der Waals surface area contributed by atoms with Crippen LogP contribution in [0.5, 0.6) is 0 Å². The van der Waals surface area contributed by atoms with Crippen LogP contribution in [-0.2, 0) is 14.3 Å². The highest BCUT2D eigenvalue weighted by Gasteiger charge is 2.34. The molecule has 0 spiro atoms. The summed E-state index contributed by atoms with van der Waals surface area (Å²) in [5, 5.41) is 2.86. The molecule has 2 amide bonds. The average molecular weight is 282 g/mol. The van der Waals surface area contributed by atoms with Crippen molar-refractivity contribution < 1.29 is 14.3 Å². The lowest BCUT2D eigenvalue weighted by atomic mass is 10.00. The number of nitrogens with zero attached hydrogens (tertiary/aromatic N) is 1. The lowest BCUT2D eigenvalue weighted by Crippen LogP contribution is -2.47. The highest BCUT2D eigenvalue weighted by molar-refractivity contribution is 5.89. The first-order chi connectivity index (χ1) is 9.47. The van der Waals surface area contributed by atoms with Crippen LogP contribution in [0.3, 0.4) is 0 Å². The zero-order valence-corrected chi connectivity index (χ0v) is 12.7. The van der Waals surface area contributed by atoms with Gasteiger partial charge in [-0.05, 0) is 25.7 Å². The van der Waals surface area contributed by atoms with Gasteiger partial charge in [0, 0.05) is 32.0 Å². The molecule has 2 heterocycles. The van der Waals surface area contributed by atoms with Crippen molar-refractivity contribution in [1.29, 1.82) is 0 Å². The molecule has 114 valence electrons. The van der Waals surface area contributed by atoms with E-state index in [1.807, 2.05) is 4.90 Å². The van der Waals surface area contributed by atoms with Crippen LogP contribution in [0.1, 0.15) is 40.0 Å². The first kappa shape index (κ1) is 15.3. The van der Waals surface area contributed by atoms with E-state index in [2.05, 4.69) is 26.1 Å². The molecular weight excluding hydrogens is 256 g/mol. The number of carbonyl (C=O) groups is 2. The second kappa shape index (κ2) is 6.57. The van der Waals surface area contributed by atoms with E-state index >= 15 is 0 Å². The summed E-state index contributed by atoms with van der Waals surface area (Å²) in [5.41, 5.74) is 0. The summed E-state index contributed by atoms with van der Waals surface area (Å²) in [5.74, 6) is 0.843. The van der Waals surface area contributed by atoms with Crippen molar-refractivity contribution >= 4 is 11.8 Å². The summed E-state index contributed by atoms with van der Waals surface area (Å²) in [6.45, 7) is 8.23. The van der Waals surface area contributed by atoms with Crippen molar-refractivity contribution in [1.82, 2.24) is 10.2 Å². The van der Waals surface area contributed by atoms with Gasteiger partial charge >= 0.3 is 0 Å². The smallest absolute Gasteiger partial charge is 0.245 e. The largest absolute Gasteiger partial charge is 0.378 e. The van der Waals surface area contributed by atoms with Crippen LogP contribution in [0.15, 0.2) is 0 Å². The van der Waals surface area contributed by atoms with E-state index in [4.69, 9.17) is 4.74 Å². The molecule has 0 aromatic rings. The van der Waals surface area contributed by atoms with Crippen LogP contribution >= 0.6 is 0 Å². The van der Waals surface area contributed by atoms with Gasteiger partial charge in [0.1, 0.15) is 6.04 Å². The Bertz CT molecular complexity index is 370. The molecule has 0 aromatic heterocycles. The fraction of sp³-hybridized carbons (Fsp3) is 0.867. The standard InChI is InChI=1S/C15H26N2O3/c1-10(2)8-13-15(19)17(6-4-14(18)16-13)9-12-5-7-20-11(12)3/h10-13H,4-9H2,1-3H3,(H,16,18). The van der Waals surface area contributed by atoms with Crippen molar-refractivity contribution in [3.63, 3.8) is 0 Å². The van der Waals surface area contributed by atoms with Crippen molar-refractivity contribution in [3.05, 3.63) is 0 Å². The van der Waals surface area contributed by atoms with E-state index in [0.717, 1.165) is 13.0 Å². The molecule has 5 nitrogen and oxygen atoms in total. The highest BCUT2D eigenvalue weighted by atomic mass is 16.5. The van der Waals surface area contributed by atoms with Gasteiger partial charge in [0.25, 0.3) is 0 Å². The zero-order chi connectivity index (χ0) is 14.7. The Balaban J connectivity index is 2.02. The second-order valence-electron chi connectivity index (χ2n) is 6.41. The molecule has 2 aliphatic rings. The maximum Gasteiger partial charge on any atom is 0.245 e. The average Bonchev–Trinajstić information content (AvgIpc) is 2.72. The molecule has 0 radical (unpaired) electrons. The number of carbonyl (C=O) groups excluding carboxylic acids is 2. The van der Waals surface area contributed by atoms with Gasteiger partial charge in [-0.2, -0.15) is 0 Å². The minimum absolute atomic E-state index is 0.0118. The number of hydrogen-bond acceptors (Lipinski definition) is 3. The zero-order valence-electron chi connectivity index (χ0n) is 12.7. The lowest BCUT2D eigenvalue weighted by Gasteiger charge is -2.28. The fourth-order valence-electron chi connectivity index (χ4n) is 3.01. The van der Waals surface area contributed by atoms with Gasteiger partial charge in [-0.3, -0.25) is 9.59 Å². The third-order valence-corrected chi connectivity index (χ3v) is 4.25. The molecule has 2 fully saturated rings. The molecular formula is C15H26N2O3. The topological polar surface area (TPSA) is 58.6 Å². The lowest BCUT2D eigenvalue weighted by molar-refractivity contribution is -0.134. The molecule has 1 N–H and O–H groups in total. The van der Waals surface area contributed by atoms with E-state index in [0.29, 0.717) is 37.8 Å². The summed E-state index contributed by atoms with van der Waals surface area (Å²) in [6.07, 6.45) is 2.32. The Morgan fingerprint density at radius 3 is 2.75 bits per heavy atom. The molecule has 0 saturated carbocycles. The van der Waals surface area contributed by atoms with Gasteiger partial charge in [-0.1, -0.05) is 13.8 Å². The Morgan fingerprint density at radius 2 is 2.15 bits per heavy atom. The molecule has 2 rings (SSSR count). The number of nitrogens with one attached hydrogen (secondary N) is 1. The molecule has 3 unspecified atom stereocenters. The van der Waals surface area contributed by atoms with Gasteiger partial charge in [0.2, 0.25) is 11.8 Å². The van der Waals surface area contributed by atoms with Crippen LogP contribution in [0.25, 0.3) is 0 Å². The summed E-state index contributed by atoms with van der Waals surface area (Å²) in [6, 6.07) is -0.359. The minimum Gasteiger partial charge on any atom is -0.378 e. The number of rotatable bonds is 4. The van der Waals surface area contributed by atoms with Gasteiger partial charge in [0.05, 0.1) is 6.10 Å². The van der Waals surface area contributed by atoms with Crippen LogP contribution in [0.2, 0.25) is 0 Å². The van der Waals surface area contributed by atoms with E-state index in [1.165, 1.54) is 0 Å². The van der Waals surface area contributed by atoms with Crippen LogP contribution < -0.4 is 5.32 Å². The van der Waals surface area contributed by atoms with Crippen LogP contribution in [-0.4, -0.2) is 48.6 Å². The monoisotopic (exact) mass is 282 g/mol. The highest BCUT2D eigenvalue weighted by Crippen LogP contribution is 2.23. The van der Waals surface area contributed by atoms with Gasteiger partial charge < -0.3 is 15.0 Å². The SMILES string of the molecule is CC(C)CC1NC(=O)CCN(CC2CCOC2C)C1=O. The van der Waals surface area contributed by atoms with E-state index in [9.17, 15) is 9.59 Å². The molecule has 3 atom stereocenters. The summed E-state index contributed by atoms with van der Waals surface area (Å²) in [4.78, 5) is 26.2. The molecule has 0 aromatic carbocycles. The van der Waals surface area contributed by atoms with Crippen LogP contribution in [0.4, 0.5) is 0 Å². The molecule has 2 saturated heterocycles. The number of ether oxygens (including phenoxy) is 1. The molecule has 20 heavy (non-hydrogen) atoms. The van der Waals surface area contributed by atoms with Crippen LogP contribution in [0, 0.1) is 11.8 Å². The van der Waals surface area contributed by atoms with Crippen molar-refractivity contribution in [2.24, 2.45) is 11.8 Å². The number of hydrogen-bond donors (Lipinski definition) is 1. The quantitative estimate of drug-likeness (QED) is 0.842. The predicted octanol–water partition coefficient (Wildman–Crippen LogP) is 1.17. The Hall–Kier alpha value is -1.10. The van der Waals surface area contributed by atoms with Crippen molar-refractivity contribution in [2.45, 2.75) is 52.2 Å². The molecule has 0 aliphatic carbocycles. The third-order valence-electron chi connectivity index (χ3n) is 4.25. The Kier molecular flexibility index (Phi) is 5.02. The normalized spacial score (nSPS) is 31.6. The fourth-order valence-corrected chi connectivity index (χ4v) is 3.01. The van der Waals surface area contributed by atoms with Gasteiger partial charge in [-0.25, -0.2) is 0 Å². The maximum atomic E-state index is 12.6. The van der Waals surface area contributed by atoms with Crippen molar-refractivity contribution in [3.8, 4) is 0 Å². The second-order valence-corrected chi connectivity index (χ2v) is 6.41. The maximum absolute atomic E-state index is 12.6. The van der Waals surface area contributed by atoms with Crippen molar-refractivity contribution in [2.75, 3.05) is 19.7 Å². The Morgan fingerprint density at radius 1 is 1.40 bits per heavy atom. The first-order valence-electron chi connectivity index (χ1n) is 7.67. The Labute approximate surface area is 121 Å².